The van der Waals surface area contributed by atoms with E-state index >= 15 is 0 Å². The van der Waals surface area contributed by atoms with Crippen LogP contribution >= 0.6 is 34.5 Å². The van der Waals surface area contributed by atoms with E-state index in [-0.39, 0.29) is 11.9 Å². The van der Waals surface area contributed by atoms with Gasteiger partial charge in [-0.15, -0.1) is 11.3 Å². The van der Waals surface area contributed by atoms with E-state index in [4.69, 9.17) is 23.2 Å². The Morgan fingerprint density at radius 2 is 2.00 bits per heavy atom. The minimum absolute atomic E-state index is 0.00552. The summed E-state index contributed by atoms with van der Waals surface area (Å²) in [7, 11) is 3.47. The van der Waals surface area contributed by atoms with Gasteiger partial charge in [0.2, 0.25) is 0 Å². The number of thiophene rings is 1. The smallest absolute Gasteiger partial charge is 0.253 e. The molecule has 0 aliphatic rings. The quantitative estimate of drug-likeness (QED) is 0.854. The second kappa shape index (κ2) is 6.69. The summed E-state index contributed by atoms with van der Waals surface area (Å²) < 4.78 is 1.35. The number of hydrogen-bond donors (Lipinski definition) is 1. The zero-order chi connectivity index (χ0) is 15.6. The average molecular weight is 343 g/mol. The Kier molecular flexibility index (Phi) is 5.14. The summed E-state index contributed by atoms with van der Waals surface area (Å²) in [5, 5.41) is 3.34. The zero-order valence-electron chi connectivity index (χ0n) is 12.0. The maximum Gasteiger partial charge on any atom is 0.253 e. The summed E-state index contributed by atoms with van der Waals surface area (Å²) >= 11 is 13.5. The summed E-state index contributed by atoms with van der Waals surface area (Å²) in [6, 6.07) is 9.28. The van der Waals surface area contributed by atoms with E-state index in [1.807, 2.05) is 31.2 Å². The van der Waals surface area contributed by atoms with Crippen LogP contribution in [0.3, 0.4) is 0 Å². The van der Waals surface area contributed by atoms with Gasteiger partial charge in [-0.3, -0.25) is 4.79 Å². The van der Waals surface area contributed by atoms with Gasteiger partial charge in [0.05, 0.1) is 14.7 Å². The highest BCUT2D eigenvalue weighted by Gasteiger charge is 2.14. The van der Waals surface area contributed by atoms with Gasteiger partial charge in [0, 0.05) is 30.9 Å². The first-order chi connectivity index (χ1) is 9.88. The number of nitrogens with one attached hydrogen (secondary N) is 1. The van der Waals surface area contributed by atoms with Crippen LogP contribution in [0.25, 0.3) is 0 Å². The number of benzene rings is 1. The fraction of sp³-hybridized carbons (Fsp3) is 0.267. The fourth-order valence-corrected chi connectivity index (χ4v) is 3.62. The average Bonchev–Trinajstić information content (AvgIpc) is 2.77. The molecule has 21 heavy (non-hydrogen) atoms. The molecule has 1 N–H and O–H groups in total. The van der Waals surface area contributed by atoms with Crippen molar-refractivity contribution in [1.29, 1.82) is 0 Å². The monoisotopic (exact) mass is 342 g/mol. The highest BCUT2D eigenvalue weighted by atomic mass is 35.5. The Balaban J connectivity index is 2.18. The first-order valence-electron chi connectivity index (χ1n) is 6.41. The number of amides is 1. The Morgan fingerprint density at radius 3 is 2.57 bits per heavy atom. The molecule has 6 heteroatoms. The molecule has 1 amide bonds. The minimum atomic E-state index is -0.0251. The van der Waals surface area contributed by atoms with Crippen molar-refractivity contribution >= 4 is 46.1 Å². The number of anilines is 1. The van der Waals surface area contributed by atoms with E-state index in [9.17, 15) is 4.79 Å². The summed E-state index contributed by atoms with van der Waals surface area (Å²) in [5.41, 5.74) is 2.47. The van der Waals surface area contributed by atoms with Crippen LogP contribution in [0.15, 0.2) is 30.3 Å². The predicted molar refractivity (Wildman–Crippen MR) is 90.8 cm³/mol. The maximum absolute atomic E-state index is 12.0. The molecule has 3 nitrogen and oxygen atoms in total. The van der Waals surface area contributed by atoms with Crippen LogP contribution in [-0.2, 0) is 0 Å². The molecule has 1 aromatic heterocycles. The number of rotatable bonds is 4. The van der Waals surface area contributed by atoms with Gasteiger partial charge in [-0.25, -0.2) is 0 Å². The molecule has 0 saturated carbocycles. The molecular weight excluding hydrogens is 327 g/mol. The van der Waals surface area contributed by atoms with Crippen molar-refractivity contribution in [2.75, 3.05) is 19.4 Å². The first-order valence-corrected chi connectivity index (χ1v) is 7.98. The van der Waals surface area contributed by atoms with Crippen LogP contribution in [-0.4, -0.2) is 24.9 Å². The standard InChI is InChI=1S/C15H16Cl2N2OS/c1-9(12-8-13(16)21-14(12)17)18-11-6-4-5-10(7-11)15(20)19(2)3/h4-9,18H,1-3H3. The third-order valence-electron chi connectivity index (χ3n) is 3.05. The lowest BCUT2D eigenvalue weighted by Gasteiger charge is -2.16. The van der Waals surface area contributed by atoms with Crippen molar-refractivity contribution < 1.29 is 4.79 Å². The SMILES string of the molecule is CC(Nc1cccc(C(=O)N(C)C)c1)c1cc(Cl)sc1Cl. The van der Waals surface area contributed by atoms with E-state index < -0.39 is 0 Å². The van der Waals surface area contributed by atoms with Gasteiger partial charge in [-0.05, 0) is 31.2 Å². The van der Waals surface area contributed by atoms with Crippen LogP contribution in [0.1, 0.15) is 28.9 Å². The molecule has 1 unspecified atom stereocenters. The Labute approximate surface area is 138 Å². The number of carbonyl (C=O) groups is 1. The van der Waals surface area contributed by atoms with Crippen LogP contribution in [0.5, 0.6) is 0 Å². The Morgan fingerprint density at radius 1 is 1.29 bits per heavy atom. The lowest BCUT2D eigenvalue weighted by molar-refractivity contribution is 0.0827. The van der Waals surface area contributed by atoms with Crippen molar-refractivity contribution in [1.82, 2.24) is 4.90 Å². The van der Waals surface area contributed by atoms with Gasteiger partial charge in [0.1, 0.15) is 0 Å². The number of nitrogens with zero attached hydrogens (tertiary/aromatic N) is 1. The molecule has 0 fully saturated rings. The predicted octanol–water partition coefficient (Wildman–Crippen LogP) is 4.93. The Hall–Kier alpha value is -1.23. The van der Waals surface area contributed by atoms with Crippen LogP contribution in [0.4, 0.5) is 5.69 Å². The first kappa shape index (κ1) is 16.1. The summed E-state index contributed by atoms with van der Waals surface area (Å²) in [6.45, 7) is 2.00. The minimum Gasteiger partial charge on any atom is -0.378 e. The number of hydrogen-bond acceptors (Lipinski definition) is 3. The van der Waals surface area contributed by atoms with E-state index in [0.717, 1.165) is 11.3 Å². The lowest BCUT2D eigenvalue weighted by Crippen LogP contribution is -2.21. The number of halogens is 2. The van der Waals surface area contributed by atoms with E-state index in [0.29, 0.717) is 14.2 Å². The molecule has 0 spiro atoms. The fourth-order valence-electron chi connectivity index (χ4n) is 1.98. The molecule has 1 atom stereocenters. The molecule has 0 saturated heterocycles. The van der Waals surface area contributed by atoms with Gasteiger partial charge in [-0.1, -0.05) is 29.3 Å². The molecule has 1 aromatic carbocycles. The van der Waals surface area contributed by atoms with Crippen LogP contribution in [0, 0.1) is 0 Å². The van der Waals surface area contributed by atoms with Crippen molar-refractivity contribution in [3.63, 3.8) is 0 Å². The van der Waals surface area contributed by atoms with Crippen molar-refractivity contribution in [2.24, 2.45) is 0 Å². The highest BCUT2D eigenvalue weighted by molar-refractivity contribution is 7.20. The van der Waals surface area contributed by atoms with Crippen molar-refractivity contribution in [3.05, 3.63) is 50.1 Å². The topological polar surface area (TPSA) is 32.3 Å². The molecule has 112 valence electrons. The van der Waals surface area contributed by atoms with Gasteiger partial charge in [-0.2, -0.15) is 0 Å². The third-order valence-corrected chi connectivity index (χ3v) is 4.57. The second-order valence-electron chi connectivity index (χ2n) is 4.93. The molecule has 0 aliphatic heterocycles. The maximum atomic E-state index is 12.0. The highest BCUT2D eigenvalue weighted by Crippen LogP contribution is 2.36. The molecule has 0 aliphatic carbocycles. The normalized spacial score (nSPS) is 12.0. The van der Waals surface area contributed by atoms with Crippen molar-refractivity contribution in [3.8, 4) is 0 Å². The summed E-state index contributed by atoms with van der Waals surface area (Å²) in [4.78, 5) is 13.5. The Bertz CT molecular complexity index is 655. The van der Waals surface area contributed by atoms with Gasteiger partial charge in [0.15, 0.2) is 0 Å². The van der Waals surface area contributed by atoms with Crippen LogP contribution < -0.4 is 5.32 Å². The van der Waals surface area contributed by atoms with E-state index in [1.165, 1.54) is 11.3 Å². The van der Waals surface area contributed by atoms with Crippen LogP contribution in [0.2, 0.25) is 8.67 Å². The molecule has 2 aromatic rings. The molecule has 0 bridgehead atoms. The van der Waals surface area contributed by atoms with Gasteiger partial charge >= 0.3 is 0 Å². The largest absolute Gasteiger partial charge is 0.378 e. The van der Waals surface area contributed by atoms with Crippen molar-refractivity contribution in [2.45, 2.75) is 13.0 Å². The third kappa shape index (κ3) is 3.90. The van der Waals surface area contributed by atoms with Gasteiger partial charge < -0.3 is 10.2 Å². The summed E-state index contributed by atoms with van der Waals surface area (Å²) in [5.74, 6) is -0.0251. The van der Waals surface area contributed by atoms with E-state index in [2.05, 4.69) is 5.32 Å². The zero-order valence-corrected chi connectivity index (χ0v) is 14.3. The number of carbonyl (C=O) groups excluding carboxylic acids is 1. The lowest BCUT2D eigenvalue weighted by atomic mass is 10.1. The molecule has 2 rings (SSSR count). The second-order valence-corrected chi connectivity index (χ2v) is 7.21. The molecule has 1 heterocycles. The molecule has 0 radical (unpaired) electrons. The molecular formula is C15H16Cl2N2OS. The van der Waals surface area contributed by atoms with E-state index in [1.54, 1.807) is 25.1 Å². The van der Waals surface area contributed by atoms with Gasteiger partial charge in [0.25, 0.3) is 5.91 Å². The summed E-state index contributed by atoms with van der Waals surface area (Å²) in [6.07, 6.45) is 0.